The van der Waals surface area contributed by atoms with Gasteiger partial charge in [-0.25, -0.2) is 9.99 Å². The lowest BCUT2D eigenvalue weighted by Crippen LogP contribution is -2.52. The van der Waals surface area contributed by atoms with E-state index in [1.807, 2.05) is 5.01 Å². The fraction of sp³-hybridized carbons (Fsp3) is 0.455. The number of piperazine rings is 1. The van der Waals surface area contributed by atoms with E-state index in [9.17, 15) is 4.79 Å². The van der Waals surface area contributed by atoms with Gasteiger partial charge in [0.15, 0.2) is 0 Å². The molecule has 0 radical (unpaired) electrons. The first-order chi connectivity index (χ1) is 8.56. The minimum absolute atomic E-state index is 0.163. The number of carbonyl (C=O) groups is 1. The minimum atomic E-state index is -0.274. The zero-order valence-corrected chi connectivity index (χ0v) is 10.9. The molecule has 1 aromatic rings. The molecule has 1 fully saturated rings. The Morgan fingerprint density at radius 1 is 1.44 bits per heavy atom. The van der Waals surface area contributed by atoms with Gasteiger partial charge in [-0.05, 0) is 13.1 Å². The zero-order valence-electron chi connectivity index (χ0n) is 10.2. The smallest absolute Gasteiger partial charge is 0.268 e. The number of aromatic nitrogens is 1. The zero-order chi connectivity index (χ0) is 13.1. The van der Waals surface area contributed by atoms with Crippen LogP contribution in [0.2, 0.25) is 5.15 Å². The van der Waals surface area contributed by atoms with Gasteiger partial charge in [-0.2, -0.15) is 0 Å². The lowest BCUT2D eigenvalue weighted by molar-refractivity contribution is 0.0662. The highest BCUT2D eigenvalue weighted by Gasteiger charge is 2.18. The molecule has 0 bridgehead atoms. The molecule has 0 aliphatic carbocycles. The first-order valence-corrected chi connectivity index (χ1v) is 6.09. The second-order valence-electron chi connectivity index (χ2n) is 4.34. The number of nitrogen functional groups attached to an aromatic ring is 1. The quantitative estimate of drug-likeness (QED) is 0.751. The summed E-state index contributed by atoms with van der Waals surface area (Å²) in [6.07, 6.45) is 1.43. The summed E-state index contributed by atoms with van der Waals surface area (Å²) in [5.41, 5.74) is 9.13. The maximum absolute atomic E-state index is 12.0. The summed E-state index contributed by atoms with van der Waals surface area (Å²) in [4.78, 5) is 18.1. The molecule has 0 unspecified atom stereocenters. The number of halogens is 1. The molecule has 3 N–H and O–H groups in total. The first kappa shape index (κ1) is 13.1. The van der Waals surface area contributed by atoms with Crippen LogP contribution >= 0.6 is 11.6 Å². The number of hydrogen-bond donors (Lipinski definition) is 2. The number of nitrogens with one attached hydrogen (secondary N) is 1. The van der Waals surface area contributed by atoms with E-state index in [1.54, 1.807) is 0 Å². The molecule has 98 valence electrons. The Hall–Kier alpha value is -1.37. The Morgan fingerprint density at radius 2 is 2.11 bits per heavy atom. The topological polar surface area (TPSA) is 74.5 Å². The number of hydrogen-bond acceptors (Lipinski definition) is 5. The van der Waals surface area contributed by atoms with Gasteiger partial charge in [0.1, 0.15) is 5.15 Å². The van der Waals surface area contributed by atoms with Crippen molar-refractivity contribution < 1.29 is 4.79 Å². The second-order valence-corrected chi connectivity index (χ2v) is 4.70. The molecular formula is C11H16ClN5O. The second kappa shape index (κ2) is 5.51. The maximum atomic E-state index is 12.0. The van der Waals surface area contributed by atoms with Crippen molar-refractivity contribution in [2.75, 3.05) is 39.0 Å². The predicted molar refractivity (Wildman–Crippen MR) is 70.2 cm³/mol. The van der Waals surface area contributed by atoms with Crippen molar-refractivity contribution in [3.8, 4) is 0 Å². The summed E-state index contributed by atoms with van der Waals surface area (Å²) in [5, 5.41) is 2.04. The molecule has 0 spiro atoms. The number of anilines is 1. The van der Waals surface area contributed by atoms with Crippen molar-refractivity contribution in [1.29, 1.82) is 0 Å². The molecule has 2 rings (SSSR count). The Bertz CT molecular complexity index is 445. The van der Waals surface area contributed by atoms with Crippen molar-refractivity contribution in [2.24, 2.45) is 0 Å². The first-order valence-electron chi connectivity index (χ1n) is 5.72. The van der Waals surface area contributed by atoms with E-state index in [4.69, 9.17) is 17.3 Å². The van der Waals surface area contributed by atoms with E-state index in [-0.39, 0.29) is 11.1 Å². The number of rotatable bonds is 2. The number of hydrazine groups is 1. The lowest BCUT2D eigenvalue weighted by atomic mass is 10.2. The van der Waals surface area contributed by atoms with Crippen LogP contribution in [-0.4, -0.2) is 54.0 Å². The molecule has 18 heavy (non-hydrogen) atoms. The standard InChI is InChI=1S/C11H16ClN5O/c1-16-2-4-17(5-3-16)15-11(18)9-6-8(13)7-14-10(9)12/h6-7H,2-5,13H2,1H3,(H,15,18). The molecule has 1 aliphatic rings. The molecule has 1 amide bonds. The Morgan fingerprint density at radius 3 is 2.78 bits per heavy atom. The van der Waals surface area contributed by atoms with E-state index >= 15 is 0 Å². The van der Waals surface area contributed by atoms with Crippen LogP contribution in [0.3, 0.4) is 0 Å². The molecular weight excluding hydrogens is 254 g/mol. The molecule has 0 atom stereocenters. The van der Waals surface area contributed by atoms with Gasteiger partial charge in [0.05, 0.1) is 17.4 Å². The van der Waals surface area contributed by atoms with Crippen molar-refractivity contribution in [3.05, 3.63) is 23.0 Å². The van der Waals surface area contributed by atoms with Crippen molar-refractivity contribution in [2.45, 2.75) is 0 Å². The maximum Gasteiger partial charge on any atom is 0.268 e. The SMILES string of the molecule is CN1CCN(NC(=O)c2cc(N)cnc2Cl)CC1. The van der Waals surface area contributed by atoms with Crippen LogP contribution < -0.4 is 11.2 Å². The van der Waals surface area contributed by atoms with Gasteiger partial charge in [-0.3, -0.25) is 10.2 Å². The highest BCUT2D eigenvalue weighted by atomic mass is 35.5. The van der Waals surface area contributed by atoms with Gasteiger partial charge in [-0.1, -0.05) is 11.6 Å². The molecule has 0 saturated carbocycles. The number of carbonyl (C=O) groups excluding carboxylic acids is 1. The predicted octanol–water partition coefficient (Wildman–Crippen LogP) is 0.209. The molecule has 6 nitrogen and oxygen atoms in total. The average Bonchev–Trinajstić information content (AvgIpc) is 2.35. The molecule has 1 saturated heterocycles. The summed E-state index contributed by atoms with van der Waals surface area (Å²) in [7, 11) is 2.05. The Kier molecular flexibility index (Phi) is 4.00. The largest absolute Gasteiger partial charge is 0.397 e. The number of pyridine rings is 1. The third-order valence-electron chi connectivity index (χ3n) is 2.87. The summed E-state index contributed by atoms with van der Waals surface area (Å²) in [5.74, 6) is -0.274. The summed E-state index contributed by atoms with van der Waals surface area (Å²) < 4.78 is 0. The van der Waals surface area contributed by atoms with E-state index in [0.29, 0.717) is 11.3 Å². The van der Waals surface area contributed by atoms with Gasteiger partial charge >= 0.3 is 0 Å². The highest BCUT2D eigenvalue weighted by Crippen LogP contribution is 2.15. The monoisotopic (exact) mass is 269 g/mol. The summed E-state index contributed by atoms with van der Waals surface area (Å²) >= 11 is 5.88. The van der Waals surface area contributed by atoms with Crippen LogP contribution in [0.4, 0.5) is 5.69 Å². The van der Waals surface area contributed by atoms with E-state index in [0.717, 1.165) is 26.2 Å². The van der Waals surface area contributed by atoms with Crippen LogP contribution in [0.25, 0.3) is 0 Å². The third kappa shape index (κ3) is 3.10. The minimum Gasteiger partial charge on any atom is -0.397 e. The van der Waals surface area contributed by atoms with Crippen LogP contribution in [0.15, 0.2) is 12.3 Å². The van der Waals surface area contributed by atoms with E-state index < -0.39 is 0 Å². The Balaban J connectivity index is 2.01. The van der Waals surface area contributed by atoms with Crippen molar-refractivity contribution >= 4 is 23.2 Å². The number of nitrogens with zero attached hydrogens (tertiary/aromatic N) is 3. The fourth-order valence-corrected chi connectivity index (χ4v) is 1.93. The number of nitrogens with two attached hydrogens (primary N) is 1. The molecule has 1 aliphatic heterocycles. The fourth-order valence-electron chi connectivity index (χ4n) is 1.75. The summed E-state index contributed by atoms with van der Waals surface area (Å²) in [6.45, 7) is 3.41. The van der Waals surface area contributed by atoms with Gasteiger partial charge < -0.3 is 10.6 Å². The lowest BCUT2D eigenvalue weighted by Gasteiger charge is -2.32. The average molecular weight is 270 g/mol. The van der Waals surface area contributed by atoms with Crippen LogP contribution in [0.1, 0.15) is 10.4 Å². The number of amides is 1. The normalized spacial score (nSPS) is 17.7. The molecule has 1 aromatic heterocycles. The summed E-state index contributed by atoms with van der Waals surface area (Å²) in [6, 6.07) is 1.53. The van der Waals surface area contributed by atoms with Crippen molar-refractivity contribution in [1.82, 2.24) is 20.3 Å². The molecule has 7 heteroatoms. The van der Waals surface area contributed by atoms with Gasteiger partial charge in [0.25, 0.3) is 5.91 Å². The number of likely N-dealkylation sites (N-methyl/N-ethyl adjacent to an activating group) is 1. The van der Waals surface area contributed by atoms with E-state index in [1.165, 1.54) is 12.3 Å². The van der Waals surface area contributed by atoms with Gasteiger partial charge in [0.2, 0.25) is 0 Å². The van der Waals surface area contributed by atoms with Crippen LogP contribution in [-0.2, 0) is 0 Å². The van der Waals surface area contributed by atoms with Crippen LogP contribution in [0.5, 0.6) is 0 Å². The Labute approximate surface area is 111 Å². The molecule has 2 heterocycles. The third-order valence-corrected chi connectivity index (χ3v) is 3.17. The van der Waals surface area contributed by atoms with Gasteiger partial charge in [-0.15, -0.1) is 0 Å². The van der Waals surface area contributed by atoms with Crippen molar-refractivity contribution in [3.63, 3.8) is 0 Å². The van der Waals surface area contributed by atoms with E-state index in [2.05, 4.69) is 22.4 Å². The highest BCUT2D eigenvalue weighted by molar-refractivity contribution is 6.32. The molecule has 0 aromatic carbocycles. The van der Waals surface area contributed by atoms with Crippen LogP contribution in [0, 0.1) is 0 Å². The van der Waals surface area contributed by atoms with Gasteiger partial charge in [0, 0.05) is 26.2 Å².